The van der Waals surface area contributed by atoms with Gasteiger partial charge >= 0.3 is 0 Å². The lowest BCUT2D eigenvalue weighted by Crippen LogP contribution is -2.35. The molecule has 6 nitrogen and oxygen atoms in total. The molecule has 2 heterocycles. The van der Waals surface area contributed by atoms with E-state index in [4.69, 9.17) is 4.74 Å². The van der Waals surface area contributed by atoms with Crippen LogP contribution in [0.2, 0.25) is 0 Å². The monoisotopic (exact) mass is 354 g/mol. The lowest BCUT2D eigenvalue weighted by molar-refractivity contribution is -0.00179. The Kier molecular flexibility index (Phi) is 5.02. The Bertz CT molecular complexity index is 761. The van der Waals surface area contributed by atoms with Crippen molar-refractivity contribution >= 4 is 5.91 Å². The maximum Gasteiger partial charge on any atom is 0.274 e. The molecule has 1 aliphatic carbocycles. The van der Waals surface area contributed by atoms with Gasteiger partial charge in [0.1, 0.15) is 6.10 Å². The second-order valence-corrected chi connectivity index (χ2v) is 7.44. The molecular formula is C20H26N4O2. The zero-order valence-electron chi connectivity index (χ0n) is 15.3. The van der Waals surface area contributed by atoms with E-state index in [1.165, 1.54) is 31.2 Å². The highest BCUT2D eigenvalue weighted by molar-refractivity contribution is 5.93. The highest BCUT2D eigenvalue weighted by atomic mass is 16.5. The van der Waals surface area contributed by atoms with Crippen LogP contribution in [-0.2, 0) is 17.9 Å². The van der Waals surface area contributed by atoms with E-state index in [1.807, 2.05) is 4.68 Å². The largest absolute Gasteiger partial charge is 0.365 e. The first-order valence-electron chi connectivity index (χ1n) is 9.62. The highest BCUT2D eigenvalue weighted by Crippen LogP contribution is 2.27. The number of fused-ring (bicyclic) bond motifs is 1. The van der Waals surface area contributed by atoms with Gasteiger partial charge in [0.25, 0.3) is 5.91 Å². The Morgan fingerprint density at radius 3 is 2.62 bits per heavy atom. The van der Waals surface area contributed by atoms with Gasteiger partial charge in [0.05, 0.1) is 18.8 Å². The van der Waals surface area contributed by atoms with Crippen LogP contribution in [0.5, 0.6) is 0 Å². The second kappa shape index (κ2) is 7.58. The second-order valence-electron chi connectivity index (χ2n) is 7.44. The summed E-state index contributed by atoms with van der Waals surface area (Å²) in [7, 11) is 0. The van der Waals surface area contributed by atoms with E-state index in [-0.39, 0.29) is 18.1 Å². The van der Waals surface area contributed by atoms with Gasteiger partial charge in [0.15, 0.2) is 5.69 Å². The van der Waals surface area contributed by atoms with Crippen molar-refractivity contribution in [3.63, 3.8) is 0 Å². The number of nitrogens with zero attached hydrogens (tertiary/aromatic N) is 3. The smallest absolute Gasteiger partial charge is 0.274 e. The van der Waals surface area contributed by atoms with E-state index in [2.05, 4.69) is 46.8 Å². The van der Waals surface area contributed by atoms with Gasteiger partial charge in [-0.3, -0.25) is 4.79 Å². The topological polar surface area (TPSA) is 69.0 Å². The van der Waals surface area contributed by atoms with Crippen molar-refractivity contribution in [2.45, 2.75) is 70.7 Å². The Hall–Kier alpha value is -2.21. The molecule has 1 atom stereocenters. The number of ether oxygens (including phenoxy) is 1. The fraction of sp³-hybridized carbons (Fsp3) is 0.550. The van der Waals surface area contributed by atoms with Gasteiger partial charge in [-0.05, 0) is 25.3 Å². The van der Waals surface area contributed by atoms with E-state index >= 15 is 0 Å². The van der Waals surface area contributed by atoms with Crippen molar-refractivity contribution in [3.05, 3.63) is 46.8 Å². The molecule has 1 aromatic carbocycles. The van der Waals surface area contributed by atoms with E-state index in [9.17, 15) is 4.79 Å². The SMILES string of the molecule is Cc1ccc([C@H]2Cn3nnc(C(=O)NC4CCCCCC4)c3CO2)cc1. The summed E-state index contributed by atoms with van der Waals surface area (Å²) in [6.07, 6.45) is 6.96. The molecule has 4 rings (SSSR count). The molecule has 138 valence electrons. The normalized spacial score (nSPS) is 21.0. The average molecular weight is 354 g/mol. The quantitative estimate of drug-likeness (QED) is 0.859. The average Bonchev–Trinajstić information content (AvgIpc) is 2.91. The van der Waals surface area contributed by atoms with Crippen LogP contribution in [-0.4, -0.2) is 26.9 Å². The number of carbonyl (C=O) groups excluding carboxylic acids is 1. The number of carbonyl (C=O) groups is 1. The van der Waals surface area contributed by atoms with Gasteiger partial charge in [0.2, 0.25) is 0 Å². The summed E-state index contributed by atoms with van der Waals surface area (Å²) in [6, 6.07) is 8.60. The van der Waals surface area contributed by atoms with E-state index in [0.717, 1.165) is 24.1 Å². The third kappa shape index (κ3) is 3.65. The number of amides is 1. The molecule has 1 aliphatic heterocycles. The predicted octanol–water partition coefficient (Wildman–Crippen LogP) is 3.31. The predicted molar refractivity (Wildman–Crippen MR) is 97.7 cm³/mol. The van der Waals surface area contributed by atoms with Crippen LogP contribution in [0.25, 0.3) is 0 Å². The number of hydrogen-bond acceptors (Lipinski definition) is 4. The minimum absolute atomic E-state index is 0.0532. The van der Waals surface area contributed by atoms with Crippen LogP contribution in [0, 0.1) is 6.92 Å². The summed E-state index contributed by atoms with van der Waals surface area (Å²) in [5.41, 5.74) is 3.54. The lowest BCUT2D eigenvalue weighted by atomic mass is 10.1. The molecule has 1 saturated carbocycles. The molecule has 0 saturated heterocycles. The summed E-state index contributed by atoms with van der Waals surface area (Å²) in [6.45, 7) is 3.02. The molecule has 1 aromatic heterocycles. The van der Waals surface area contributed by atoms with Crippen molar-refractivity contribution in [2.24, 2.45) is 0 Å². The number of aryl methyl sites for hydroxylation is 1. The molecular weight excluding hydrogens is 328 g/mol. The van der Waals surface area contributed by atoms with E-state index in [0.29, 0.717) is 18.8 Å². The van der Waals surface area contributed by atoms with Gasteiger partial charge in [-0.1, -0.05) is 60.7 Å². The third-order valence-corrected chi connectivity index (χ3v) is 5.45. The number of benzene rings is 1. The molecule has 1 N–H and O–H groups in total. The number of hydrogen-bond donors (Lipinski definition) is 1. The molecule has 2 aromatic rings. The number of nitrogens with one attached hydrogen (secondary N) is 1. The number of aromatic nitrogens is 3. The fourth-order valence-corrected chi connectivity index (χ4v) is 3.85. The summed E-state index contributed by atoms with van der Waals surface area (Å²) < 4.78 is 7.82. The van der Waals surface area contributed by atoms with Gasteiger partial charge in [-0.2, -0.15) is 0 Å². The summed E-state index contributed by atoms with van der Waals surface area (Å²) in [5, 5.41) is 11.5. The van der Waals surface area contributed by atoms with Crippen LogP contribution in [0.4, 0.5) is 0 Å². The highest BCUT2D eigenvalue weighted by Gasteiger charge is 2.28. The van der Waals surface area contributed by atoms with E-state index in [1.54, 1.807) is 0 Å². The molecule has 26 heavy (non-hydrogen) atoms. The van der Waals surface area contributed by atoms with Crippen molar-refractivity contribution in [1.29, 1.82) is 0 Å². The molecule has 0 spiro atoms. The standard InChI is InChI=1S/C20H26N4O2/c1-14-8-10-15(11-9-14)18-12-24-17(13-26-18)19(22-23-24)20(25)21-16-6-4-2-3-5-7-16/h8-11,16,18H,2-7,12-13H2,1H3,(H,21,25)/t18-/m1/s1. The maximum atomic E-state index is 12.7. The molecule has 6 heteroatoms. The van der Waals surface area contributed by atoms with Gasteiger partial charge in [0, 0.05) is 6.04 Å². The minimum Gasteiger partial charge on any atom is -0.365 e. The van der Waals surface area contributed by atoms with Gasteiger partial charge in [-0.25, -0.2) is 4.68 Å². The Morgan fingerprint density at radius 1 is 1.15 bits per heavy atom. The minimum atomic E-state index is -0.115. The molecule has 1 fully saturated rings. The summed E-state index contributed by atoms with van der Waals surface area (Å²) in [5.74, 6) is -0.115. The molecule has 0 bridgehead atoms. The Morgan fingerprint density at radius 2 is 1.88 bits per heavy atom. The van der Waals surface area contributed by atoms with Crippen LogP contribution < -0.4 is 5.32 Å². The maximum absolute atomic E-state index is 12.7. The van der Waals surface area contributed by atoms with Crippen molar-refractivity contribution in [2.75, 3.05) is 0 Å². The zero-order valence-corrected chi connectivity index (χ0v) is 15.3. The third-order valence-electron chi connectivity index (χ3n) is 5.45. The van der Waals surface area contributed by atoms with E-state index < -0.39 is 0 Å². The van der Waals surface area contributed by atoms with Crippen LogP contribution in [0.3, 0.4) is 0 Å². The van der Waals surface area contributed by atoms with Crippen LogP contribution >= 0.6 is 0 Å². The Labute approximate surface area is 153 Å². The van der Waals surface area contributed by atoms with Crippen molar-refractivity contribution in [1.82, 2.24) is 20.3 Å². The van der Waals surface area contributed by atoms with Crippen LogP contribution in [0.1, 0.15) is 71.9 Å². The van der Waals surface area contributed by atoms with Crippen molar-refractivity contribution < 1.29 is 9.53 Å². The Balaban J connectivity index is 1.45. The molecule has 0 unspecified atom stereocenters. The first-order chi connectivity index (χ1) is 12.7. The first kappa shape index (κ1) is 17.2. The lowest BCUT2D eigenvalue weighted by Gasteiger charge is -2.24. The number of rotatable bonds is 3. The van der Waals surface area contributed by atoms with Gasteiger partial charge < -0.3 is 10.1 Å². The first-order valence-corrected chi connectivity index (χ1v) is 9.62. The molecule has 0 radical (unpaired) electrons. The van der Waals surface area contributed by atoms with Crippen molar-refractivity contribution in [3.8, 4) is 0 Å². The summed E-state index contributed by atoms with van der Waals surface area (Å²) >= 11 is 0. The molecule has 1 amide bonds. The van der Waals surface area contributed by atoms with Gasteiger partial charge in [-0.15, -0.1) is 5.10 Å². The fourth-order valence-electron chi connectivity index (χ4n) is 3.85. The van der Waals surface area contributed by atoms with Crippen LogP contribution in [0.15, 0.2) is 24.3 Å². The zero-order chi connectivity index (χ0) is 17.9. The molecule has 2 aliphatic rings. The summed E-state index contributed by atoms with van der Waals surface area (Å²) in [4.78, 5) is 12.7.